The van der Waals surface area contributed by atoms with Crippen molar-refractivity contribution in [1.29, 1.82) is 0 Å². The summed E-state index contributed by atoms with van der Waals surface area (Å²) in [5.41, 5.74) is 3.59. The molecular formula is C21H26O2. The highest BCUT2D eigenvalue weighted by molar-refractivity contribution is 5.38. The van der Waals surface area contributed by atoms with E-state index in [4.69, 9.17) is 0 Å². The lowest BCUT2D eigenvalue weighted by Crippen LogP contribution is -2.26. The number of aliphatic hydroxyl groups excluding tert-OH is 1. The summed E-state index contributed by atoms with van der Waals surface area (Å²) >= 11 is 0. The van der Waals surface area contributed by atoms with E-state index in [0.717, 1.165) is 37.7 Å². The van der Waals surface area contributed by atoms with Crippen LogP contribution >= 0.6 is 0 Å². The van der Waals surface area contributed by atoms with Crippen molar-refractivity contribution in [2.75, 3.05) is 0 Å². The first-order valence-corrected chi connectivity index (χ1v) is 8.71. The van der Waals surface area contributed by atoms with Crippen molar-refractivity contribution in [3.05, 3.63) is 65.2 Å². The van der Waals surface area contributed by atoms with E-state index in [2.05, 4.69) is 31.2 Å². The van der Waals surface area contributed by atoms with Crippen molar-refractivity contribution in [2.24, 2.45) is 5.92 Å². The summed E-state index contributed by atoms with van der Waals surface area (Å²) in [5, 5.41) is 19.9. The fourth-order valence-electron chi connectivity index (χ4n) is 3.94. The van der Waals surface area contributed by atoms with E-state index in [1.54, 1.807) is 6.07 Å². The van der Waals surface area contributed by atoms with Crippen molar-refractivity contribution in [2.45, 2.75) is 51.0 Å². The molecule has 3 atom stereocenters. The van der Waals surface area contributed by atoms with Crippen molar-refractivity contribution < 1.29 is 10.2 Å². The molecule has 0 saturated heterocycles. The monoisotopic (exact) mass is 310 g/mol. The van der Waals surface area contributed by atoms with E-state index in [1.807, 2.05) is 18.2 Å². The molecule has 2 aromatic carbocycles. The van der Waals surface area contributed by atoms with Crippen LogP contribution in [0.25, 0.3) is 0 Å². The average Bonchev–Trinajstić information content (AvgIpc) is 2.57. The quantitative estimate of drug-likeness (QED) is 0.864. The molecule has 3 unspecified atom stereocenters. The number of rotatable bonds is 4. The summed E-state index contributed by atoms with van der Waals surface area (Å²) in [6, 6.07) is 16.3. The third-order valence-electron chi connectivity index (χ3n) is 5.24. The smallest absolute Gasteiger partial charge is 0.119 e. The fourth-order valence-corrected chi connectivity index (χ4v) is 3.94. The third kappa shape index (κ3) is 3.76. The van der Waals surface area contributed by atoms with Crippen LogP contribution < -0.4 is 0 Å². The predicted molar refractivity (Wildman–Crippen MR) is 93.7 cm³/mol. The molecule has 0 bridgehead atoms. The number of phenolic OH excluding ortho intramolecular Hbond substituents is 1. The van der Waals surface area contributed by atoms with Gasteiger partial charge in [0, 0.05) is 6.42 Å². The van der Waals surface area contributed by atoms with Gasteiger partial charge < -0.3 is 10.2 Å². The third-order valence-corrected chi connectivity index (χ3v) is 5.24. The summed E-state index contributed by atoms with van der Waals surface area (Å²) in [4.78, 5) is 0. The number of hydrogen-bond acceptors (Lipinski definition) is 2. The number of para-hydroxylation sites is 1. The molecule has 0 amide bonds. The largest absolute Gasteiger partial charge is 0.508 e. The SMILES string of the molecule is CCC1CC(O)CCC1c1cccc(Cc2ccccc2O)c1. The zero-order valence-electron chi connectivity index (χ0n) is 13.8. The molecule has 1 aliphatic rings. The summed E-state index contributed by atoms with van der Waals surface area (Å²) < 4.78 is 0. The van der Waals surface area contributed by atoms with Gasteiger partial charge in [-0.05, 0) is 53.9 Å². The second-order valence-corrected chi connectivity index (χ2v) is 6.79. The number of benzene rings is 2. The van der Waals surface area contributed by atoms with Crippen molar-refractivity contribution in [3.8, 4) is 5.75 Å². The zero-order chi connectivity index (χ0) is 16.2. The van der Waals surface area contributed by atoms with Gasteiger partial charge in [-0.2, -0.15) is 0 Å². The van der Waals surface area contributed by atoms with Gasteiger partial charge in [0.15, 0.2) is 0 Å². The number of hydrogen-bond donors (Lipinski definition) is 2. The number of phenols is 1. The molecule has 1 saturated carbocycles. The molecule has 2 aromatic rings. The van der Waals surface area contributed by atoms with E-state index in [1.165, 1.54) is 11.1 Å². The summed E-state index contributed by atoms with van der Waals surface area (Å²) in [6.45, 7) is 2.22. The van der Waals surface area contributed by atoms with E-state index in [0.29, 0.717) is 17.6 Å². The van der Waals surface area contributed by atoms with Crippen LogP contribution in [0.15, 0.2) is 48.5 Å². The molecule has 2 nitrogen and oxygen atoms in total. The summed E-state index contributed by atoms with van der Waals surface area (Å²) in [5.74, 6) is 1.48. The van der Waals surface area contributed by atoms with Crippen LogP contribution in [0.1, 0.15) is 55.2 Å². The Bertz CT molecular complexity index is 650. The Labute approximate surface area is 138 Å². The molecule has 0 radical (unpaired) electrons. The van der Waals surface area contributed by atoms with Crippen LogP contribution in [0.4, 0.5) is 0 Å². The van der Waals surface area contributed by atoms with Crippen LogP contribution in [0.3, 0.4) is 0 Å². The van der Waals surface area contributed by atoms with Crippen molar-refractivity contribution in [1.82, 2.24) is 0 Å². The maximum Gasteiger partial charge on any atom is 0.119 e. The van der Waals surface area contributed by atoms with Gasteiger partial charge in [0.25, 0.3) is 0 Å². The van der Waals surface area contributed by atoms with Gasteiger partial charge >= 0.3 is 0 Å². The van der Waals surface area contributed by atoms with Crippen molar-refractivity contribution >= 4 is 0 Å². The van der Waals surface area contributed by atoms with E-state index in [9.17, 15) is 10.2 Å². The van der Waals surface area contributed by atoms with Crippen LogP contribution in [-0.4, -0.2) is 16.3 Å². The first-order chi connectivity index (χ1) is 11.2. The van der Waals surface area contributed by atoms with Gasteiger partial charge in [0.05, 0.1) is 6.10 Å². The lowest BCUT2D eigenvalue weighted by Gasteiger charge is -2.34. The molecule has 122 valence electrons. The molecular weight excluding hydrogens is 284 g/mol. The molecule has 23 heavy (non-hydrogen) atoms. The predicted octanol–water partition coefficient (Wildman–Crippen LogP) is 4.64. The Morgan fingerprint density at radius 1 is 1.04 bits per heavy atom. The van der Waals surface area contributed by atoms with Gasteiger partial charge in [0.2, 0.25) is 0 Å². The second-order valence-electron chi connectivity index (χ2n) is 6.79. The average molecular weight is 310 g/mol. The Hall–Kier alpha value is -1.80. The topological polar surface area (TPSA) is 40.5 Å². The Morgan fingerprint density at radius 3 is 2.65 bits per heavy atom. The normalized spacial score (nSPS) is 24.5. The molecule has 2 heteroatoms. The van der Waals surface area contributed by atoms with E-state index < -0.39 is 0 Å². The van der Waals surface area contributed by atoms with E-state index >= 15 is 0 Å². The van der Waals surface area contributed by atoms with Crippen molar-refractivity contribution in [3.63, 3.8) is 0 Å². The van der Waals surface area contributed by atoms with Gasteiger partial charge in [-0.1, -0.05) is 55.8 Å². The van der Waals surface area contributed by atoms with Crippen LogP contribution in [0.2, 0.25) is 0 Å². The van der Waals surface area contributed by atoms with Crippen LogP contribution in [-0.2, 0) is 6.42 Å². The summed E-state index contributed by atoms with van der Waals surface area (Å²) in [6.07, 6.45) is 4.65. The molecule has 0 heterocycles. The lowest BCUT2D eigenvalue weighted by atomic mass is 9.73. The molecule has 0 spiro atoms. The Kier molecular flexibility index (Phi) is 5.02. The first kappa shape index (κ1) is 16.1. The van der Waals surface area contributed by atoms with E-state index in [-0.39, 0.29) is 6.10 Å². The molecule has 0 aromatic heterocycles. The molecule has 1 aliphatic carbocycles. The number of aliphatic hydroxyl groups is 1. The molecule has 2 N–H and O–H groups in total. The van der Waals surface area contributed by atoms with Gasteiger partial charge in [-0.25, -0.2) is 0 Å². The lowest BCUT2D eigenvalue weighted by molar-refractivity contribution is 0.0878. The first-order valence-electron chi connectivity index (χ1n) is 8.71. The van der Waals surface area contributed by atoms with Gasteiger partial charge in [-0.15, -0.1) is 0 Å². The maximum absolute atomic E-state index is 9.97. The highest BCUT2D eigenvalue weighted by atomic mass is 16.3. The zero-order valence-corrected chi connectivity index (χ0v) is 13.8. The summed E-state index contributed by atoms with van der Waals surface area (Å²) in [7, 11) is 0. The van der Waals surface area contributed by atoms with Crippen LogP contribution in [0, 0.1) is 5.92 Å². The fraction of sp³-hybridized carbons (Fsp3) is 0.429. The number of aromatic hydroxyl groups is 1. The Morgan fingerprint density at radius 2 is 1.87 bits per heavy atom. The minimum atomic E-state index is -0.124. The second kappa shape index (κ2) is 7.18. The van der Waals surface area contributed by atoms with Crippen LogP contribution in [0.5, 0.6) is 5.75 Å². The maximum atomic E-state index is 9.97. The van der Waals surface area contributed by atoms with Gasteiger partial charge in [0.1, 0.15) is 5.75 Å². The highest BCUT2D eigenvalue weighted by Gasteiger charge is 2.29. The standard InChI is InChI=1S/C21H26O2/c1-2-16-14-19(22)10-11-20(16)17-8-5-6-15(12-17)13-18-7-3-4-9-21(18)23/h3-9,12,16,19-20,22-23H,2,10-11,13-14H2,1H3. The van der Waals surface area contributed by atoms with Gasteiger partial charge in [-0.3, -0.25) is 0 Å². The molecule has 0 aliphatic heterocycles. The highest BCUT2D eigenvalue weighted by Crippen LogP contribution is 2.40. The Balaban J connectivity index is 1.81. The minimum Gasteiger partial charge on any atom is -0.508 e. The molecule has 1 fully saturated rings. The minimum absolute atomic E-state index is 0.124. The molecule has 3 rings (SSSR count).